The van der Waals surface area contributed by atoms with Gasteiger partial charge in [0.25, 0.3) is 0 Å². The van der Waals surface area contributed by atoms with Crippen LogP contribution in [0.1, 0.15) is 26.7 Å². The van der Waals surface area contributed by atoms with E-state index in [9.17, 15) is 4.79 Å². The van der Waals surface area contributed by atoms with Crippen molar-refractivity contribution >= 4 is 5.91 Å². The summed E-state index contributed by atoms with van der Waals surface area (Å²) in [5.41, 5.74) is 0. The molecule has 4 nitrogen and oxygen atoms in total. The van der Waals surface area contributed by atoms with Crippen LogP contribution < -0.4 is 5.32 Å². The van der Waals surface area contributed by atoms with Crippen molar-refractivity contribution in [2.24, 2.45) is 0 Å². The molecular formula is C12H25N3O. The number of likely N-dealkylation sites (tertiary alicyclic amines) is 1. The zero-order valence-electron chi connectivity index (χ0n) is 10.8. The third-order valence-electron chi connectivity index (χ3n) is 3.27. The summed E-state index contributed by atoms with van der Waals surface area (Å²) in [6, 6.07) is -0.0386. The van der Waals surface area contributed by atoms with Gasteiger partial charge in [0.15, 0.2) is 0 Å². The van der Waals surface area contributed by atoms with E-state index in [1.54, 1.807) is 0 Å². The maximum atomic E-state index is 11.9. The summed E-state index contributed by atoms with van der Waals surface area (Å²) in [5, 5.41) is 3.29. The first kappa shape index (κ1) is 13.5. The summed E-state index contributed by atoms with van der Waals surface area (Å²) in [6.45, 7) is 8.92. The molecule has 1 aliphatic rings. The van der Waals surface area contributed by atoms with Crippen LogP contribution in [0, 0.1) is 0 Å². The van der Waals surface area contributed by atoms with Gasteiger partial charge in [0.2, 0.25) is 5.91 Å². The summed E-state index contributed by atoms with van der Waals surface area (Å²) in [4.78, 5) is 16.1. The fourth-order valence-corrected chi connectivity index (χ4v) is 1.93. The van der Waals surface area contributed by atoms with E-state index in [0.29, 0.717) is 0 Å². The SMILES string of the molecule is CCN(C)CCNC(C)C(=O)N1CCCC1. The Kier molecular flexibility index (Phi) is 5.77. The van der Waals surface area contributed by atoms with E-state index < -0.39 is 0 Å². The first-order valence-corrected chi connectivity index (χ1v) is 6.36. The smallest absolute Gasteiger partial charge is 0.239 e. The van der Waals surface area contributed by atoms with Gasteiger partial charge in [0, 0.05) is 26.2 Å². The Bertz CT molecular complexity index is 214. The van der Waals surface area contributed by atoms with Gasteiger partial charge in [-0.3, -0.25) is 4.79 Å². The molecule has 1 saturated heterocycles. The maximum absolute atomic E-state index is 11.9. The number of likely N-dealkylation sites (N-methyl/N-ethyl adjacent to an activating group) is 1. The van der Waals surface area contributed by atoms with Gasteiger partial charge in [0.1, 0.15) is 0 Å². The monoisotopic (exact) mass is 227 g/mol. The van der Waals surface area contributed by atoms with E-state index in [4.69, 9.17) is 0 Å². The average molecular weight is 227 g/mol. The molecule has 4 heteroatoms. The number of nitrogens with one attached hydrogen (secondary N) is 1. The van der Waals surface area contributed by atoms with Gasteiger partial charge < -0.3 is 15.1 Å². The molecular weight excluding hydrogens is 202 g/mol. The van der Waals surface area contributed by atoms with Gasteiger partial charge in [-0.25, -0.2) is 0 Å². The molecule has 1 atom stereocenters. The maximum Gasteiger partial charge on any atom is 0.239 e. The Hall–Kier alpha value is -0.610. The van der Waals surface area contributed by atoms with Crippen LogP contribution in [0.3, 0.4) is 0 Å². The minimum atomic E-state index is -0.0386. The van der Waals surface area contributed by atoms with Crippen LogP contribution in [0.5, 0.6) is 0 Å². The second-order valence-corrected chi connectivity index (χ2v) is 4.60. The van der Waals surface area contributed by atoms with Crippen LogP contribution in [-0.4, -0.2) is 61.5 Å². The van der Waals surface area contributed by atoms with Crippen molar-refractivity contribution in [3.05, 3.63) is 0 Å². The Morgan fingerprint density at radius 3 is 2.62 bits per heavy atom. The molecule has 1 N–H and O–H groups in total. The fraction of sp³-hybridized carbons (Fsp3) is 0.917. The molecule has 94 valence electrons. The first-order chi connectivity index (χ1) is 7.65. The molecule has 1 fully saturated rings. The number of rotatable bonds is 6. The number of nitrogens with zero attached hydrogens (tertiary/aromatic N) is 2. The second-order valence-electron chi connectivity index (χ2n) is 4.60. The molecule has 0 saturated carbocycles. The molecule has 1 unspecified atom stereocenters. The van der Waals surface area contributed by atoms with Gasteiger partial charge in [0.05, 0.1) is 6.04 Å². The summed E-state index contributed by atoms with van der Waals surface area (Å²) in [6.07, 6.45) is 2.33. The van der Waals surface area contributed by atoms with Crippen LogP contribution in [-0.2, 0) is 4.79 Å². The van der Waals surface area contributed by atoms with Gasteiger partial charge in [-0.1, -0.05) is 6.92 Å². The van der Waals surface area contributed by atoms with Gasteiger partial charge in [-0.15, -0.1) is 0 Å². The molecule has 0 aromatic heterocycles. The van der Waals surface area contributed by atoms with Crippen LogP contribution in [0.25, 0.3) is 0 Å². The van der Waals surface area contributed by atoms with Crippen molar-refractivity contribution in [2.45, 2.75) is 32.7 Å². The summed E-state index contributed by atoms with van der Waals surface area (Å²) >= 11 is 0. The Morgan fingerprint density at radius 1 is 1.44 bits per heavy atom. The van der Waals surface area contributed by atoms with Crippen molar-refractivity contribution in [3.8, 4) is 0 Å². The van der Waals surface area contributed by atoms with Crippen molar-refractivity contribution < 1.29 is 4.79 Å². The molecule has 0 bridgehead atoms. The Morgan fingerprint density at radius 2 is 2.06 bits per heavy atom. The standard InChI is InChI=1S/C12H25N3O/c1-4-14(3)10-7-13-11(2)12(16)15-8-5-6-9-15/h11,13H,4-10H2,1-3H3. The highest BCUT2D eigenvalue weighted by atomic mass is 16.2. The quantitative estimate of drug-likeness (QED) is 0.719. The normalized spacial score (nSPS) is 18.1. The topological polar surface area (TPSA) is 35.6 Å². The van der Waals surface area contributed by atoms with Gasteiger partial charge in [-0.2, -0.15) is 0 Å². The molecule has 1 rings (SSSR count). The number of hydrogen-bond acceptors (Lipinski definition) is 3. The predicted octanol–water partition coefficient (Wildman–Crippen LogP) is 0.539. The highest BCUT2D eigenvalue weighted by molar-refractivity contribution is 5.81. The number of hydrogen-bond donors (Lipinski definition) is 1. The summed E-state index contributed by atoms with van der Waals surface area (Å²) in [7, 11) is 2.09. The van der Waals surface area contributed by atoms with E-state index in [1.807, 2.05) is 11.8 Å². The number of amides is 1. The fourth-order valence-electron chi connectivity index (χ4n) is 1.93. The molecule has 16 heavy (non-hydrogen) atoms. The van der Waals surface area contributed by atoms with E-state index in [1.165, 1.54) is 0 Å². The lowest BCUT2D eigenvalue weighted by atomic mass is 10.3. The van der Waals surface area contributed by atoms with Crippen LogP contribution in [0.15, 0.2) is 0 Å². The largest absolute Gasteiger partial charge is 0.341 e. The van der Waals surface area contributed by atoms with Crippen LogP contribution in [0.2, 0.25) is 0 Å². The lowest BCUT2D eigenvalue weighted by Gasteiger charge is -2.22. The lowest BCUT2D eigenvalue weighted by molar-refractivity contribution is -0.131. The van der Waals surface area contributed by atoms with E-state index >= 15 is 0 Å². The van der Waals surface area contributed by atoms with Crippen LogP contribution >= 0.6 is 0 Å². The van der Waals surface area contributed by atoms with Crippen molar-refractivity contribution in [1.29, 1.82) is 0 Å². The van der Waals surface area contributed by atoms with E-state index in [0.717, 1.165) is 45.6 Å². The Balaban J connectivity index is 2.18. The minimum absolute atomic E-state index is 0.0386. The number of carbonyl (C=O) groups is 1. The zero-order chi connectivity index (χ0) is 12.0. The molecule has 0 aliphatic carbocycles. The molecule has 1 amide bonds. The van der Waals surface area contributed by atoms with Gasteiger partial charge in [-0.05, 0) is 33.4 Å². The Labute approximate surface area is 99.0 Å². The zero-order valence-corrected chi connectivity index (χ0v) is 10.8. The molecule has 0 aromatic carbocycles. The van der Waals surface area contributed by atoms with Crippen molar-refractivity contribution in [1.82, 2.24) is 15.1 Å². The van der Waals surface area contributed by atoms with Crippen LogP contribution in [0.4, 0.5) is 0 Å². The highest BCUT2D eigenvalue weighted by Gasteiger charge is 2.22. The number of carbonyl (C=O) groups excluding carboxylic acids is 1. The molecule has 1 heterocycles. The van der Waals surface area contributed by atoms with E-state index in [2.05, 4.69) is 24.2 Å². The predicted molar refractivity (Wildman–Crippen MR) is 66.4 cm³/mol. The average Bonchev–Trinajstić information content (AvgIpc) is 2.81. The third kappa shape index (κ3) is 4.10. The molecule has 0 spiro atoms. The summed E-state index contributed by atoms with van der Waals surface area (Å²) < 4.78 is 0. The second kappa shape index (κ2) is 6.86. The molecule has 0 radical (unpaired) electrons. The lowest BCUT2D eigenvalue weighted by Crippen LogP contribution is -2.45. The van der Waals surface area contributed by atoms with Crippen molar-refractivity contribution in [3.63, 3.8) is 0 Å². The van der Waals surface area contributed by atoms with E-state index in [-0.39, 0.29) is 11.9 Å². The molecule has 1 aliphatic heterocycles. The first-order valence-electron chi connectivity index (χ1n) is 6.36. The van der Waals surface area contributed by atoms with Crippen molar-refractivity contribution in [2.75, 3.05) is 39.8 Å². The molecule has 0 aromatic rings. The minimum Gasteiger partial charge on any atom is -0.341 e. The third-order valence-corrected chi connectivity index (χ3v) is 3.27. The summed E-state index contributed by atoms with van der Waals surface area (Å²) in [5.74, 6) is 0.261. The van der Waals surface area contributed by atoms with Gasteiger partial charge >= 0.3 is 0 Å². The highest BCUT2D eigenvalue weighted by Crippen LogP contribution is 2.08.